The Labute approximate surface area is 108 Å². The Morgan fingerprint density at radius 2 is 2.06 bits per heavy atom. The molecule has 0 aliphatic heterocycles. The Bertz CT molecular complexity index is 602. The molecule has 1 heterocycles. The molecule has 5 nitrogen and oxygen atoms in total. The number of aryl methyl sites for hydroxylation is 1. The zero-order valence-corrected chi connectivity index (χ0v) is 10.3. The maximum Gasteiger partial charge on any atom is 0.335 e. The molecular formula is C12H10ClN3O2. The molecule has 0 atom stereocenters. The Morgan fingerprint density at radius 3 is 2.67 bits per heavy atom. The summed E-state index contributed by atoms with van der Waals surface area (Å²) >= 11 is 6.00. The second kappa shape index (κ2) is 5.01. The van der Waals surface area contributed by atoms with Crippen LogP contribution in [0.2, 0.25) is 5.02 Å². The van der Waals surface area contributed by atoms with Crippen molar-refractivity contribution < 1.29 is 9.90 Å². The summed E-state index contributed by atoms with van der Waals surface area (Å²) in [6, 6.07) is 4.46. The SMILES string of the molecule is Cc1nccnc1Nc1ccc(C(=O)O)cc1Cl. The summed E-state index contributed by atoms with van der Waals surface area (Å²) in [6.07, 6.45) is 3.16. The third-order valence-corrected chi connectivity index (χ3v) is 2.66. The Hall–Kier alpha value is -2.14. The topological polar surface area (TPSA) is 75.1 Å². The zero-order chi connectivity index (χ0) is 13.1. The molecule has 2 aromatic rings. The minimum absolute atomic E-state index is 0.140. The van der Waals surface area contributed by atoms with Crippen LogP contribution in [0.5, 0.6) is 0 Å². The number of carboxylic acids is 1. The van der Waals surface area contributed by atoms with Crippen LogP contribution >= 0.6 is 11.6 Å². The molecule has 6 heteroatoms. The fraction of sp³-hybridized carbons (Fsp3) is 0.0833. The van der Waals surface area contributed by atoms with E-state index in [1.165, 1.54) is 12.1 Å². The predicted octanol–water partition coefficient (Wildman–Crippen LogP) is 2.88. The standard InChI is InChI=1S/C12H10ClN3O2/c1-7-11(15-5-4-14-7)16-10-3-2-8(12(17)18)6-9(10)13/h2-6H,1H3,(H,15,16)(H,17,18). The summed E-state index contributed by atoms with van der Waals surface area (Å²) in [4.78, 5) is 19.0. The molecule has 92 valence electrons. The van der Waals surface area contributed by atoms with Gasteiger partial charge in [0.05, 0.1) is 22.0 Å². The van der Waals surface area contributed by atoms with Gasteiger partial charge in [-0.1, -0.05) is 11.6 Å². The van der Waals surface area contributed by atoms with Crippen molar-refractivity contribution in [3.8, 4) is 0 Å². The highest BCUT2D eigenvalue weighted by molar-refractivity contribution is 6.33. The lowest BCUT2D eigenvalue weighted by molar-refractivity contribution is 0.0697. The molecule has 0 unspecified atom stereocenters. The number of benzene rings is 1. The summed E-state index contributed by atoms with van der Waals surface area (Å²) in [5.74, 6) is -0.429. The normalized spacial score (nSPS) is 10.1. The van der Waals surface area contributed by atoms with Crippen LogP contribution in [0.3, 0.4) is 0 Å². The van der Waals surface area contributed by atoms with E-state index < -0.39 is 5.97 Å². The highest BCUT2D eigenvalue weighted by Gasteiger charge is 2.08. The molecule has 0 saturated carbocycles. The molecular weight excluding hydrogens is 254 g/mol. The molecule has 0 aliphatic rings. The number of anilines is 2. The molecule has 0 fully saturated rings. The van der Waals surface area contributed by atoms with E-state index in [4.69, 9.17) is 16.7 Å². The summed E-state index contributed by atoms with van der Waals surface area (Å²) < 4.78 is 0. The largest absolute Gasteiger partial charge is 0.478 e. The molecule has 2 rings (SSSR count). The molecule has 0 aliphatic carbocycles. The van der Waals surface area contributed by atoms with Crippen molar-refractivity contribution in [1.29, 1.82) is 0 Å². The van der Waals surface area contributed by atoms with Crippen LogP contribution in [0.25, 0.3) is 0 Å². The molecule has 0 spiro atoms. The number of aromatic carboxylic acids is 1. The van der Waals surface area contributed by atoms with Crippen LogP contribution in [-0.4, -0.2) is 21.0 Å². The third-order valence-electron chi connectivity index (χ3n) is 2.35. The Morgan fingerprint density at radius 1 is 1.33 bits per heavy atom. The van der Waals surface area contributed by atoms with Gasteiger partial charge in [0.2, 0.25) is 0 Å². The Kier molecular flexibility index (Phi) is 3.43. The number of aromatic nitrogens is 2. The van der Waals surface area contributed by atoms with Crippen molar-refractivity contribution in [1.82, 2.24) is 9.97 Å². The lowest BCUT2D eigenvalue weighted by Gasteiger charge is -2.09. The number of nitrogens with one attached hydrogen (secondary N) is 1. The number of carbonyl (C=O) groups is 1. The number of rotatable bonds is 3. The summed E-state index contributed by atoms with van der Waals surface area (Å²) in [5.41, 5.74) is 1.46. The van der Waals surface area contributed by atoms with Gasteiger partial charge in [-0.2, -0.15) is 0 Å². The first-order chi connectivity index (χ1) is 8.58. The van der Waals surface area contributed by atoms with Crippen molar-refractivity contribution in [2.45, 2.75) is 6.92 Å². The van der Waals surface area contributed by atoms with Crippen LogP contribution in [0.15, 0.2) is 30.6 Å². The van der Waals surface area contributed by atoms with Gasteiger partial charge in [-0.15, -0.1) is 0 Å². The van der Waals surface area contributed by atoms with Gasteiger partial charge in [0.15, 0.2) is 5.82 Å². The van der Waals surface area contributed by atoms with Crippen LogP contribution < -0.4 is 5.32 Å². The van der Waals surface area contributed by atoms with Gasteiger partial charge in [-0.05, 0) is 25.1 Å². The lowest BCUT2D eigenvalue weighted by atomic mass is 10.2. The molecule has 0 amide bonds. The summed E-state index contributed by atoms with van der Waals surface area (Å²) in [7, 11) is 0. The van der Waals surface area contributed by atoms with Gasteiger partial charge in [0.25, 0.3) is 0 Å². The fourth-order valence-corrected chi connectivity index (χ4v) is 1.64. The highest BCUT2D eigenvalue weighted by Crippen LogP contribution is 2.26. The number of hydrogen-bond acceptors (Lipinski definition) is 4. The van der Waals surface area contributed by atoms with E-state index in [0.717, 1.165) is 5.69 Å². The maximum absolute atomic E-state index is 10.8. The predicted molar refractivity (Wildman–Crippen MR) is 68.5 cm³/mol. The van der Waals surface area contributed by atoms with E-state index in [9.17, 15) is 4.79 Å². The van der Waals surface area contributed by atoms with Gasteiger partial charge in [0.1, 0.15) is 0 Å². The van der Waals surface area contributed by atoms with E-state index >= 15 is 0 Å². The van der Waals surface area contributed by atoms with E-state index in [-0.39, 0.29) is 5.56 Å². The van der Waals surface area contributed by atoms with Crippen LogP contribution in [0, 0.1) is 6.92 Å². The van der Waals surface area contributed by atoms with Crippen molar-refractivity contribution in [2.75, 3.05) is 5.32 Å². The molecule has 2 N–H and O–H groups in total. The number of carboxylic acid groups (broad SMARTS) is 1. The van der Waals surface area contributed by atoms with Gasteiger partial charge < -0.3 is 10.4 Å². The molecule has 0 radical (unpaired) electrons. The zero-order valence-electron chi connectivity index (χ0n) is 9.51. The van der Waals surface area contributed by atoms with Gasteiger partial charge in [-0.25, -0.2) is 9.78 Å². The van der Waals surface area contributed by atoms with E-state index in [1.54, 1.807) is 18.5 Å². The van der Waals surface area contributed by atoms with Crippen LogP contribution in [0.4, 0.5) is 11.5 Å². The third kappa shape index (κ3) is 2.57. The number of nitrogens with zero attached hydrogens (tertiary/aromatic N) is 2. The molecule has 18 heavy (non-hydrogen) atoms. The van der Waals surface area contributed by atoms with Gasteiger partial charge in [-0.3, -0.25) is 4.98 Å². The van der Waals surface area contributed by atoms with Crippen molar-refractivity contribution in [2.24, 2.45) is 0 Å². The van der Waals surface area contributed by atoms with Crippen molar-refractivity contribution >= 4 is 29.1 Å². The average molecular weight is 264 g/mol. The summed E-state index contributed by atoms with van der Waals surface area (Å²) in [5, 5.41) is 12.2. The monoisotopic (exact) mass is 263 g/mol. The van der Waals surface area contributed by atoms with Crippen LogP contribution in [0.1, 0.15) is 16.1 Å². The minimum Gasteiger partial charge on any atom is -0.478 e. The smallest absolute Gasteiger partial charge is 0.335 e. The quantitative estimate of drug-likeness (QED) is 0.891. The summed E-state index contributed by atoms with van der Waals surface area (Å²) in [6.45, 7) is 1.81. The second-order valence-electron chi connectivity index (χ2n) is 3.62. The molecule has 0 bridgehead atoms. The van der Waals surface area contributed by atoms with Crippen molar-refractivity contribution in [3.63, 3.8) is 0 Å². The molecule has 1 aromatic heterocycles. The average Bonchev–Trinajstić information content (AvgIpc) is 2.34. The highest BCUT2D eigenvalue weighted by atomic mass is 35.5. The van der Waals surface area contributed by atoms with E-state index in [2.05, 4.69) is 15.3 Å². The minimum atomic E-state index is -1.01. The van der Waals surface area contributed by atoms with Crippen molar-refractivity contribution in [3.05, 3.63) is 46.9 Å². The first-order valence-electron chi connectivity index (χ1n) is 5.15. The first-order valence-corrected chi connectivity index (χ1v) is 5.53. The van der Waals surface area contributed by atoms with E-state index in [1.807, 2.05) is 6.92 Å². The fourth-order valence-electron chi connectivity index (χ4n) is 1.41. The lowest BCUT2D eigenvalue weighted by Crippen LogP contribution is -2.00. The first kappa shape index (κ1) is 12.3. The molecule has 0 saturated heterocycles. The maximum atomic E-state index is 10.8. The second-order valence-corrected chi connectivity index (χ2v) is 4.02. The number of halogens is 1. The number of hydrogen-bond donors (Lipinski definition) is 2. The van der Waals surface area contributed by atoms with Crippen LogP contribution in [-0.2, 0) is 0 Å². The van der Waals surface area contributed by atoms with E-state index in [0.29, 0.717) is 16.5 Å². The van der Waals surface area contributed by atoms with Gasteiger partial charge in [0, 0.05) is 12.4 Å². The van der Waals surface area contributed by atoms with Gasteiger partial charge >= 0.3 is 5.97 Å². The Balaban J connectivity index is 2.30. The molecule has 1 aromatic carbocycles.